The zero-order valence-corrected chi connectivity index (χ0v) is 23.1. The quantitative estimate of drug-likeness (QED) is 0.356. The summed E-state index contributed by atoms with van der Waals surface area (Å²) in [5.74, 6) is -0.588. The molecule has 1 N–H and O–H groups in total. The number of rotatable bonds is 9. The number of ether oxygens (including phenoxy) is 2. The average molecular weight is 581 g/mol. The zero-order chi connectivity index (χ0) is 29.7. The fourth-order valence-electron chi connectivity index (χ4n) is 5.34. The standard InChI is InChI=1S/C28H35F3N4O6/c1-19-3-4-20(12-26(19)36)11-24-16-32(5-6-33-9-10-41-25(17-33)18-40-2)7-8-34(24)27(37)21-13-22(28(29,30)31)15-23(14-21)35(38)39/h3-4,12-15,24-25,36H,5-11,16-18H2,1-2H3/t24-,25+/m1/s1. The van der Waals surface area contributed by atoms with Crippen LogP contribution >= 0.6 is 0 Å². The predicted molar refractivity (Wildman–Crippen MR) is 144 cm³/mol. The van der Waals surface area contributed by atoms with Gasteiger partial charge in [0.1, 0.15) is 5.75 Å². The van der Waals surface area contributed by atoms with Gasteiger partial charge >= 0.3 is 6.18 Å². The number of phenolic OH excluding ortho intramolecular Hbond substituents is 1. The van der Waals surface area contributed by atoms with Crippen LogP contribution in [0, 0.1) is 17.0 Å². The van der Waals surface area contributed by atoms with Crippen LogP contribution in [0.2, 0.25) is 0 Å². The first-order chi connectivity index (χ1) is 19.4. The Bertz CT molecular complexity index is 1240. The van der Waals surface area contributed by atoms with Crippen molar-refractivity contribution in [1.82, 2.24) is 14.7 Å². The molecule has 0 unspecified atom stereocenters. The van der Waals surface area contributed by atoms with Gasteiger partial charge in [0.05, 0.1) is 29.8 Å². The van der Waals surface area contributed by atoms with Crippen molar-refractivity contribution >= 4 is 11.6 Å². The van der Waals surface area contributed by atoms with E-state index in [1.807, 2.05) is 6.07 Å². The molecular formula is C28H35F3N4O6. The molecule has 0 aromatic heterocycles. The van der Waals surface area contributed by atoms with Gasteiger partial charge in [-0.25, -0.2) is 0 Å². The van der Waals surface area contributed by atoms with Crippen LogP contribution in [0.3, 0.4) is 0 Å². The van der Waals surface area contributed by atoms with Crippen molar-refractivity contribution < 1.29 is 37.5 Å². The summed E-state index contributed by atoms with van der Waals surface area (Å²) in [6.07, 6.45) is -4.49. The third-order valence-corrected chi connectivity index (χ3v) is 7.58. The van der Waals surface area contributed by atoms with E-state index in [4.69, 9.17) is 9.47 Å². The molecule has 0 spiro atoms. The van der Waals surface area contributed by atoms with Gasteiger partial charge in [-0.1, -0.05) is 12.1 Å². The van der Waals surface area contributed by atoms with Crippen LogP contribution < -0.4 is 0 Å². The van der Waals surface area contributed by atoms with Crippen LogP contribution in [0.5, 0.6) is 5.75 Å². The van der Waals surface area contributed by atoms with Crippen molar-refractivity contribution in [2.75, 3.05) is 66.1 Å². The summed E-state index contributed by atoms with van der Waals surface area (Å²) in [6, 6.07) is 6.80. The van der Waals surface area contributed by atoms with Gasteiger partial charge in [-0.3, -0.25) is 24.7 Å². The van der Waals surface area contributed by atoms with Crippen molar-refractivity contribution in [3.05, 3.63) is 68.8 Å². The molecule has 41 heavy (non-hydrogen) atoms. The number of aromatic hydroxyl groups is 1. The Kier molecular flexibility index (Phi) is 9.84. The molecule has 0 saturated carbocycles. The summed E-state index contributed by atoms with van der Waals surface area (Å²) in [4.78, 5) is 30.0. The summed E-state index contributed by atoms with van der Waals surface area (Å²) in [5.41, 5.74) is -0.955. The molecule has 0 aliphatic carbocycles. The van der Waals surface area contributed by atoms with Crippen molar-refractivity contribution in [3.8, 4) is 5.75 Å². The Hall–Kier alpha value is -3.26. The number of halogens is 3. The molecule has 2 aromatic carbocycles. The van der Waals surface area contributed by atoms with Crippen molar-refractivity contribution in [2.45, 2.75) is 31.7 Å². The summed E-state index contributed by atoms with van der Waals surface area (Å²) in [5, 5.41) is 21.6. The number of morpholine rings is 1. The Balaban J connectivity index is 1.54. The van der Waals surface area contributed by atoms with Gasteiger partial charge in [0, 0.05) is 76.7 Å². The Labute approximate surface area is 236 Å². The smallest absolute Gasteiger partial charge is 0.416 e. The van der Waals surface area contributed by atoms with Gasteiger partial charge in [-0.15, -0.1) is 0 Å². The second-order valence-corrected chi connectivity index (χ2v) is 10.6. The number of aryl methyl sites for hydroxylation is 1. The number of nitro benzene ring substituents is 1. The maximum absolute atomic E-state index is 13.6. The summed E-state index contributed by atoms with van der Waals surface area (Å²) in [7, 11) is 1.63. The third-order valence-electron chi connectivity index (χ3n) is 7.58. The minimum atomic E-state index is -4.85. The molecule has 10 nitrogen and oxygen atoms in total. The number of methoxy groups -OCH3 is 1. The average Bonchev–Trinajstić information content (AvgIpc) is 2.93. The van der Waals surface area contributed by atoms with E-state index < -0.39 is 34.3 Å². The van der Waals surface area contributed by atoms with Crippen molar-refractivity contribution in [1.29, 1.82) is 0 Å². The fraction of sp³-hybridized carbons (Fsp3) is 0.536. The molecule has 224 valence electrons. The van der Waals surface area contributed by atoms with Crippen molar-refractivity contribution in [3.63, 3.8) is 0 Å². The van der Waals surface area contributed by atoms with E-state index in [1.165, 1.54) is 4.90 Å². The Morgan fingerprint density at radius 1 is 1.12 bits per heavy atom. The number of benzene rings is 2. The molecule has 4 rings (SSSR count). The lowest BCUT2D eigenvalue weighted by Crippen LogP contribution is -2.57. The minimum Gasteiger partial charge on any atom is -0.508 e. The van der Waals surface area contributed by atoms with Crippen LogP contribution in [-0.2, 0) is 22.1 Å². The maximum Gasteiger partial charge on any atom is 0.416 e. The number of amides is 1. The molecule has 2 heterocycles. The number of carbonyl (C=O) groups is 1. The topological polar surface area (TPSA) is 109 Å². The van der Waals surface area contributed by atoms with Gasteiger partial charge in [-0.05, 0) is 36.6 Å². The highest BCUT2D eigenvalue weighted by molar-refractivity contribution is 5.95. The monoisotopic (exact) mass is 580 g/mol. The fourth-order valence-corrected chi connectivity index (χ4v) is 5.34. The van der Waals surface area contributed by atoms with E-state index in [2.05, 4.69) is 9.80 Å². The number of carbonyl (C=O) groups excluding carboxylic acids is 1. The molecule has 2 aromatic rings. The highest BCUT2D eigenvalue weighted by Crippen LogP contribution is 2.33. The molecule has 0 bridgehead atoms. The van der Waals surface area contributed by atoms with E-state index >= 15 is 0 Å². The maximum atomic E-state index is 13.6. The highest BCUT2D eigenvalue weighted by atomic mass is 19.4. The number of hydrogen-bond acceptors (Lipinski definition) is 8. The van der Waals surface area contributed by atoms with Crippen LogP contribution in [-0.4, -0.2) is 109 Å². The largest absolute Gasteiger partial charge is 0.508 e. The molecule has 2 fully saturated rings. The van der Waals surface area contributed by atoms with Crippen LogP contribution in [0.15, 0.2) is 36.4 Å². The summed E-state index contributed by atoms with van der Waals surface area (Å²) >= 11 is 0. The van der Waals surface area contributed by atoms with Crippen LogP contribution in [0.25, 0.3) is 0 Å². The molecule has 2 aliphatic heterocycles. The van der Waals surface area contributed by atoms with Gasteiger partial charge < -0.3 is 19.5 Å². The Morgan fingerprint density at radius 2 is 1.85 bits per heavy atom. The van der Waals surface area contributed by atoms with E-state index in [9.17, 15) is 33.2 Å². The number of non-ortho nitro benzene ring substituents is 1. The van der Waals surface area contributed by atoms with Gasteiger partial charge in [-0.2, -0.15) is 13.2 Å². The van der Waals surface area contributed by atoms with Crippen LogP contribution in [0.4, 0.5) is 18.9 Å². The molecular weight excluding hydrogens is 545 g/mol. The predicted octanol–water partition coefficient (Wildman–Crippen LogP) is 3.34. The summed E-state index contributed by atoms with van der Waals surface area (Å²) in [6.45, 7) is 7.09. The van der Waals surface area contributed by atoms with E-state index in [0.29, 0.717) is 57.0 Å². The first-order valence-electron chi connectivity index (χ1n) is 13.5. The van der Waals surface area contributed by atoms with Crippen LogP contribution in [0.1, 0.15) is 27.0 Å². The third kappa shape index (κ3) is 7.94. The normalized spacial score (nSPS) is 20.8. The lowest BCUT2D eigenvalue weighted by atomic mass is 9.99. The molecule has 2 saturated heterocycles. The second-order valence-electron chi connectivity index (χ2n) is 10.6. The first-order valence-corrected chi connectivity index (χ1v) is 13.5. The Morgan fingerprint density at radius 3 is 2.51 bits per heavy atom. The molecule has 1 amide bonds. The number of alkyl halides is 3. The molecule has 0 radical (unpaired) electrons. The lowest BCUT2D eigenvalue weighted by Gasteiger charge is -2.42. The SMILES string of the molecule is COC[C@@H]1CN(CCN2CCN(C(=O)c3cc([N+](=O)[O-])cc(C(F)(F)F)c3)[C@H](Cc3ccc(C)c(O)c3)C2)CCO1. The van der Waals surface area contributed by atoms with E-state index in [0.717, 1.165) is 31.3 Å². The summed E-state index contributed by atoms with van der Waals surface area (Å²) < 4.78 is 51.5. The van der Waals surface area contributed by atoms with E-state index in [-0.39, 0.29) is 24.0 Å². The number of nitrogens with zero attached hydrogens (tertiary/aromatic N) is 4. The molecule has 2 aliphatic rings. The van der Waals surface area contributed by atoms with Gasteiger partial charge in [0.15, 0.2) is 0 Å². The number of piperazine rings is 1. The first kappa shape index (κ1) is 30.7. The number of hydrogen-bond donors (Lipinski definition) is 1. The number of nitro groups is 1. The lowest BCUT2D eigenvalue weighted by molar-refractivity contribution is -0.385. The van der Waals surface area contributed by atoms with Crippen molar-refractivity contribution in [2.24, 2.45) is 0 Å². The zero-order valence-electron chi connectivity index (χ0n) is 23.1. The highest BCUT2D eigenvalue weighted by Gasteiger charge is 2.36. The molecule has 2 atom stereocenters. The molecule has 13 heteroatoms. The van der Waals surface area contributed by atoms with Gasteiger partial charge in [0.25, 0.3) is 11.6 Å². The van der Waals surface area contributed by atoms with Gasteiger partial charge in [0.2, 0.25) is 0 Å². The van der Waals surface area contributed by atoms with E-state index in [1.54, 1.807) is 26.2 Å². The number of phenols is 1. The second kappa shape index (κ2) is 13.1. The minimum absolute atomic E-state index is 0.00157.